The van der Waals surface area contributed by atoms with Crippen LogP contribution in [-0.2, 0) is 6.54 Å². The van der Waals surface area contributed by atoms with Crippen LogP contribution in [0.4, 0.5) is 5.95 Å². The van der Waals surface area contributed by atoms with Gasteiger partial charge in [-0.3, -0.25) is 4.79 Å². The zero-order chi connectivity index (χ0) is 17.1. The molecule has 2 heterocycles. The maximum absolute atomic E-state index is 12.2. The van der Waals surface area contributed by atoms with E-state index in [2.05, 4.69) is 30.9 Å². The van der Waals surface area contributed by atoms with Gasteiger partial charge in [0.15, 0.2) is 0 Å². The van der Waals surface area contributed by atoms with E-state index in [0.717, 1.165) is 15.7 Å². The van der Waals surface area contributed by atoms with Crippen molar-refractivity contribution in [3.05, 3.63) is 46.1 Å². The molecule has 11 nitrogen and oxygen atoms in total. The first kappa shape index (κ1) is 15.3. The molecule has 0 aliphatic carbocycles. The minimum absolute atomic E-state index is 0.0645. The Morgan fingerprint density at radius 1 is 1.46 bits per heavy atom. The van der Waals surface area contributed by atoms with Gasteiger partial charge in [-0.15, -0.1) is 0 Å². The summed E-state index contributed by atoms with van der Waals surface area (Å²) in [6.45, 7) is 1.69. The van der Waals surface area contributed by atoms with Gasteiger partial charge >= 0.3 is 5.95 Å². The molecule has 2 aromatic heterocycles. The Labute approximate surface area is 134 Å². The second-order valence-corrected chi connectivity index (χ2v) is 4.91. The van der Waals surface area contributed by atoms with E-state index in [4.69, 9.17) is 0 Å². The molecule has 3 aromatic rings. The largest absolute Gasteiger partial charge is 0.514 e. The fourth-order valence-electron chi connectivity index (χ4n) is 2.08. The molecular formula is C13H12N8O3. The van der Waals surface area contributed by atoms with Crippen LogP contribution in [0.15, 0.2) is 35.6 Å². The van der Waals surface area contributed by atoms with Crippen molar-refractivity contribution in [2.24, 2.45) is 5.10 Å². The van der Waals surface area contributed by atoms with Crippen molar-refractivity contribution in [3.8, 4) is 0 Å². The highest BCUT2D eigenvalue weighted by Gasteiger charge is 2.16. The predicted molar refractivity (Wildman–Crippen MR) is 83.3 cm³/mol. The minimum atomic E-state index is -0.741. The molecule has 0 bridgehead atoms. The van der Waals surface area contributed by atoms with Crippen molar-refractivity contribution in [3.63, 3.8) is 0 Å². The number of nitrogens with zero attached hydrogens (tertiary/aromatic N) is 6. The number of H-pyrrole nitrogens is 1. The zero-order valence-electron chi connectivity index (χ0n) is 12.5. The number of rotatable bonds is 5. The van der Waals surface area contributed by atoms with Crippen molar-refractivity contribution in [1.82, 2.24) is 30.6 Å². The molecule has 0 radical (unpaired) electrons. The number of carbonyl (C=O) groups excluding carboxylic acids is 1. The van der Waals surface area contributed by atoms with Gasteiger partial charge in [0.2, 0.25) is 0 Å². The Morgan fingerprint density at radius 2 is 2.25 bits per heavy atom. The third-order valence-corrected chi connectivity index (χ3v) is 3.16. The van der Waals surface area contributed by atoms with Crippen LogP contribution in [0.25, 0.3) is 10.9 Å². The summed E-state index contributed by atoms with van der Waals surface area (Å²) in [7, 11) is 0. The molecule has 24 heavy (non-hydrogen) atoms. The standard InChI is InChI=1S/C13H12N8O3/c1-8(7-20-18-13(17-19-20)21(23)24)15-16-12(22)10-6-14-11-5-3-2-4-9(10)11/h2-6,14H,7H2,1H3,(H,16,22)/b15-8+. The van der Waals surface area contributed by atoms with Gasteiger partial charge in [0.1, 0.15) is 6.54 Å². The van der Waals surface area contributed by atoms with E-state index in [1.165, 1.54) is 0 Å². The van der Waals surface area contributed by atoms with E-state index in [1.807, 2.05) is 24.3 Å². The molecule has 1 amide bonds. The van der Waals surface area contributed by atoms with Crippen molar-refractivity contribution < 1.29 is 9.72 Å². The van der Waals surface area contributed by atoms with Crippen molar-refractivity contribution in [2.75, 3.05) is 0 Å². The summed E-state index contributed by atoms with van der Waals surface area (Å²) >= 11 is 0. The second-order valence-electron chi connectivity index (χ2n) is 4.91. The molecule has 0 spiro atoms. The first-order valence-corrected chi connectivity index (χ1v) is 6.86. The monoisotopic (exact) mass is 328 g/mol. The van der Waals surface area contributed by atoms with Gasteiger partial charge in [-0.1, -0.05) is 23.0 Å². The van der Waals surface area contributed by atoms with E-state index < -0.39 is 10.9 Å². The molecule has 0 saturated heterocycles. The number of para-hydroxylation sites is 1. The highest BCUT2D eigenvalue weighted by molar-refractivity contribution is 6.06. The lowest BCUT2D eigenvalue weighted by molar-refractivity contribution is -0.394. The number of carbonyl (C=O) groups is 1. The number of aromatic amines is 1. The van der Waals surface area contributed by atoms with E-state index in [1.54, 1.807) is 13.1 Å². The number of aromatic nitrogens is 5. The first-order valence-electron chi connectivity index (χ1n) is 6.86. The Hall–Kier alpha value is -3.63. The zero-order valence-corrected chi connectivity index (χ0v) is 12.5. The average Bonchev–Trinajstić information content (AvgIpc) is 3.19. The van der Waals surface area contributed by atoms with E-state index in [-0.39, 0.29) is 12.5 Å². The van der Waals surface area contributed by atoms with Gasteiger partial charge in [-0.25, -0.2) is 5.43 Å². The summed E-state index contributed by atoms with van der Waals surface area (Å²) in [5, 5.41) is 25.6. The summed E-state index contributed by atoms with van der Waals surface area (Å²) in [5.74, 6) is -0.963. The normalized spacial score (nSPS) is 11.6. The van der Waals surface area contributed by atoms with Crippen LogP contribution in [0, 0.1) is 10.1 Å². The molecule has 3 rings (SSSR count). The third-order valence-electron chi connectivity index (χ3n) is 3.16. The molecule has 122 valence electrons. The van der Waals surface area contributed by atoms with Gasteiger partial charge in [0.05, 0.1) is 21.5 Å². The van der Waals surface area contributed by atoms with Crippen LogP contribution >= 0.6 is 0 Å². The van der Waals surface area contributed by atoms with Crippen LogP contribution in [0.1, 0.15) is 17.3 Å². The quantitative estimate of drug-likeness (QED) is 0.404. The molecule has 2 N–H and O–H groups in total. The molecule has 0 atom stereocenters. The van der Waals surface area contributed by atoms with Crippen LogP contribution in [0.2, 0.25) is 0 Å². The molecular weight excluding hydrogens is 316 g/mol. The molecule has 11 heteroatoms. The molecule has 0 unspecified atom stereocenters. The maximum Gasteiger partial charge on any atom is 0.514 e. The number of nitro groups is 1. The molecule has 0 aliphatic heterocycles. The van der Waals surface area contributed by atoms with Crippen molar-refractivity contribution in [1.29, 1.82) is 0 Å². The van der Waals surface area contributed by atoms with Crippen LogP contribution in [-0.4, -0.2) is 41.7 Å². The maximum atomic E-state index is 12.2. The van der Waals surface area contributed by atoms with E-state index in [0.29, 0.717) is 11.3 Å². The predicted octanol–water partition coefficient (Wildman–Crippen LogP) is 0.868. The number of tetrazole rings is 1. The summed E-state index contributed by atoms with van der Waals surface area (Å²) in [5.41, 5.74) is 4.21. The average molecular weight is 328 g/mol. The number of nitrogens with one attached hydrogen (secondary N) is 2. The summed E-state index contributed by atoms with van der Waals surface area (Å²) in [6.07, 6.45) is 1.60. The SMILES string of the molecule is C/C(Cn1nnc([N+](=O)[O-])n1)=N\NC(=O)c1c[nH]c2ccccc12. The summed E-state index contributed by atoms with van der Waals surface area (Å²) in [4.78, 5) is 26.0. The fraction of sp³-hybridized carbons (Fsp3) is 0.154. The number of hydrazone groups is 1. The van der Waals surface area contributed by atoms with Crippen LogP contribution in [0.5, 0.6) is 0 Å². The number of hydrogen-bond donors (Lipinski definition) is 2. The lowest BCUT2D eigenvalue weighted by atomic mass is 10.2. The molecule has 0 saturated carbocycles. The topological polar surface area (TPSA) is 144 Å². The highest BCUT2D eigenvalue weighted by atomic mass is 16.6. The first-order chi connectivity index (χ1) is 11.5. The fourth-order valence-corrected chi connectivity index (χ4v) is 2.08. The van der Waals surface area contributed by atoms with Crippen molar-refractivity contribution in [2.45, 2.75) is 13.5 Å². The number of benzene rings is 1. The van der Waals surface area contributed by atoms with Gasteiger partial charge in [-0.05, 0) is 17.9 Å². The third kappa shape index (κ3) is 3.09. The Morgan fingerprint density at radius 3 is 3.00 bits per heavy atom. The smallest absolute Gasteiger partial charge is 0.390 e. The second kappa shape index (κ2) is 6.24. The van der Waals surface area contributed by atoms with Crippen LogP contribution < -0.4 is 5.43 Å². The van der Waals surface area contributed by atoms with Gasteiger partial charge in [0.25, 0.3) is 5.91 Å². The molecule has 1 aromatic carbocycles. The Kier molecular flexibility index (Phi) is 3.97. The summed E-state index contributed by atoms with van der Waals surface area (Å²) in [6, 6.07) is 7.40. The number of hydrogen-bond acceptors (Lipinski definition) is 7. The number of fused-ring (bicyclic) bond motifs is 1. The molecule has 0 aliphatic rings. The van der Waals surface area contributed by atoms with E-state index in [9.17, 15) is 14.9 Å². The van der Waals surface area contributed by atoms with Gasteiger partial charge < -0.3 is 15.1 Å². The lowest BCUT2D eigenvalue weighted by Gasteiger charge is -2.00. The number of amides is 1. The minimum Gasteiger partial charge on any atom is -0.390 e. The highest BCUT2D eigenvalue weighted by Crippen LogP contribution is 2.17. The molecule has 0 fully saturated rings. The Balaban J connectivity index is 1.67. The lowest BCUT2D eigenvalue weighted by Crippen LogP contribution is -2.21. The van der Waals surface area contributed by atoms with Crippen LogP contribution in [0.3, 0.4) is 0 Å². The van der Waals surface area contributed by atoms with E-state index >= 15 is 0 Å². The Bertz CT molecular complexity index is 942. The summed E-state index contributed by atoms with van der Waals surface area (Å²) < 4.78 is 0. The van der Waals surface area contributed by atoms with Gasteiger partial charge in [-0.2, -0.15) is 5.10 Å². The van der Waals surface area contributed by atoms with Gasteiger partial charge in [0, 0.05) is 22.3 Å². The van der Waals surface area contributed by atoms with Crippen molar-refractivity contribution >= 4 is 28.5 Å².